The van der Waals surface area contributed by atoms with Crippen molar-refractivity contribution in [2.24, 2.45) is 0 Å². The number of nitrogens with zero attached hydrogens (tertiary/aromatic N) is 3. The summed E-state index contributed by atoms with van der Waals surface area (Å²) in [6, 6.07) is 103. The standard InChI is InChI=1S/C66H46BN3OS/c1-7-23-47(24-8-1)68(50-40-42-65-57(43-50)56-35-19-22-38-64(56)71-65)51-39-41-59-61(44-51)70(49-27-11-3-12-28-49)63-46-55(45-62-66(63)67(59)58-36-20-21-37-60(58)69(62)48-25-9-2-10-26-48)72(52-29-13-4-14-30-52,53-31-15-5-16-32-53)54-33-17-6-18-34-54/h1-46H. The van der Waals surface area contributed by atoms with Gasteiger partial charge in [-0.3, -0.25) is 0 Å². The molecule has 11 aromatic carbocycles. The number of anilines is 9. The van der Waals surface area contributed by atoms with Gasteiger partial charge in [0.1, 0.15) is 11.2 Å². The molecule has 0 N–H and O–H groups in total. The lowest BCUT2D eigenvalue weighted by Crippen LogP contribution is -2.61. The summed E-state index contributed by atoms with van der Waals surface area (Å²) in [5, 5.41) is 2.19. The zero-order chi connectivity index (χ0) is 47.6. The molecule has 2 aliphatic heterocycles. The van der Waals surface area contributed by atoms with E-state index in [1.165, 1.54) is 47.3 Å². The van der Waals surface area contributed by atoms with Gasteiger partial charge in [0.25, 0.3) is 6.71 Å². The minimum absolute atomic E-state index is 0.0716. The number of rotatable bonds is 9. The van der Waals surface area contributed by atoms with Crippen molar-refractivity contribution in [3.05, 3.63) is 279 Å². The molecule has 72 heavy (non-hydrogen) atoms. The minimum Gasteiger partial charge on any atom is -0.456 e. The maximum atomic E-state index is 6.36. The smallest absolute Gasteiger partial charge is 0.252 e. The Bertz CT molecular complexity index is 3850. The Morgan fingerprint density at radius 1 is 0.319 bits per heavy atom. The van der Waals surface area contributed by atoms with Crippen LogP contribution in [0.3, 0.4) is 0 Å². The highest BCUT2D eigenvalue weighted by atomic mass is 32.3. The highest BCUT2D eigenvalue weighted by Gasteiger charge is 2.45. The molecule has 0 saturated heterocycles. The van der Waals surface area contributed by atoms with Crippen LogP contribution in [-0.4, -0.2) is 6.71 Å². The molecule has 0 amide bonds. The summed E-state index contributed by atoms with van der Waals surface area (Å²) in [7, 11) is -2.13. The van der Waals surface area contributed by atoms with Gasteiger partial charge in [0.2, 0.25) is 0 Å². The van der Waals surface area contributed by atoms with E-state index in [2.05, 4.69) is 282 Å². The van der Waals surface area contributed by atoms with Crippen LogP contribution >= 0.6 is 10.0 Å². The Labute approximate surface area is 421 Å². The first-order valence-corrected chi connectivity index (χ1v) is 26.2. The van der Waals surface area contributed by atoms with E-state index in [4.69, 9.17) is 4.42 Å². The zero-order valence-electron chi connectivity index (χ0n) is 39.3. The third kappa shape index (κ3) is 6.57. The summed E-state index contributed by atoms with van der Waals surface area (Å²) in [4.78, 5) is 12.6. The Kier molecular flexibility index (Phi) is 10.0. The number of hydrogen-bond donors (Lipinski definition) is 0. The number of para-hydroxylation sites is 5. The summed E-state index contributed by atoms with van der Waals surface area (Å²) in [5.74, 6) is 0. The quantitative estimate of drug-likeness (QED) is 0.135. The number of furan rings is 1. The van der Waals surface area contributed by atoms with Crippen LogP contribution in [0.25, 0.3) is 21.9 Å². The van der Waals surface area contributed by atoms with Crippen LogP contribution in [0.2, 0.25) is 0 Å². The number of fused-ring (bicyclic) bond motifs is 7. The second kappa shape index (κ2) is 17.2. The highest BCUT2D eigenvalue weighted by molar-refractivity contribution is 8.34. The van der Waals surface area contributed by atoms with Gasteiger partial charge in [-0.25, -0.2) is 0 Å². The molecule has 0 unspecified atom stereocenters. The maximum Gasteiger partial charge on any atom is 0.252 e. The third-order valence-corrected chi connectivity index (χ3v) is 18.4. The van der Waals surface area contributed by atoms with Gasteiger partial charge in [0.05, 0.1) is 0 Å². The van der Waals surface area contributed by atoms with E-state index in [1.807, 2.05) is 12.1 Å². The molecule has 0 bridgehead atoms. The molecule has 0 spiro atoms. The molecular formula is C66H46BN3OS. The highest BCUT2D eigenvalue weighted by Crippen LogP contribution is 2.74. The third-order valence-electron chi connectivity index (χ3n) is 14.5. The molecule has 0 aliphatic carbocycles. The first-order valence-electron chi connectivity index (χ1n) is 24.6. The lowest BCUT2D eigenvalue weighted by molar-refractivity contribution is 0.669. The number of benzene rings is 11. The number of hydrogen-bond acceptors (Lipinski definition) is 4. The predicted molar refractivity (Wildman–Crippen MR) is 302 cm³/mol. The molecule has 12 aromatic rings. The van der Waals surface area contributed by atoms with Gasteiger partial charge in [0, 0.05) is 81.5 Å². The Morgan fingerprint density at radius 3 is 1.39 bits per heavy atom. The molecule has 4 nitrogen and oxygen atoms in total. The van der Waals surface area contributed by atoms with Gasteiger partial charge in [0.15, 0.2) is 0 Å². The van der Waals surface area contributed by atoms with Crippen LogP contribution in [0, 0.1) is 0 Å². The van der Waals surface area contributed by atoms with Crippen molar-refractivity contribution in [3.8, 4) is 0 Å². The van der Waals surface area contributed by atoms with Crippen molar-refractivity contribution in [1.29, 1.82) is 0 Å². The van der Waals surface area contributed by atoms with Crippen molar-refractivity contribution in [2.45, 2.75) is 19.6 Å². The van der Waals surface area contributed by atoms with E-state index in [9.17, 15) is 0 Å². The Balaban J connectivity index is 1.09. The first kappa shape index (κ1) is 42.0. The fraction of sp³-hybridized carbons (Fsp3) is 0. The predicted octanol–water partition coefficient (Wildman–Crippen LogP) is 16.5. The molecule has 2 aliphatic rings. The topological polar surface area (TPSA) is 22.9 Å². The van der Waals surface area contributed by atoms with Gasteiger partial charge < -0.3 is 19.1 Å². The molecule has 1 aromatic heterocycles. The summed E-state index contributed by atoms with van der Waals surface area (Å²) in [5.41, 5.74) is 15.6. The van der Waals surface area contributed by atoms with E-state index in [0.29, 0.717) is 0 Å². The van der Waals surface area contributed by atoms with Crippen LogP contribution < -0.4 is 31.1 Å². The van der Waals surface area contributed by atoms with Crippen LogP contribution in [0.5, 0.6) is 0 Å². The second-order valence-electron chi connectivity index (χ2n) is 18.5. The Hall–Kier alpha value is -8.97. The molecule has 0 saturated carbocycles. The normalized spacial score (nSPS) is 12.9. The summed E-state index contributed by atoms with van der Waals surface area (Å²) in [6.45, 7) is -0.0716. The fourth-order valence-electron chi connectivity index (χ4n) is 11.5. The van der Waals surface area contributed by atoms with E-state index in [-0.39, 0.29) is 6.71 Å². The van der Waals surface area contributed by atoms with Crippen molar-refractivity contribution in [2.75, 3.05) is 14.7 Å². The van der Waals surface area contributed by atoms with Crippen LogP contribution in [0.1, 0.15) is 0 Å². The maximum absolute atomic E-state index is 6.36. The van der Waals surface area contributed by atoms with E-state index >= 15 is 0 Å². The largest absolute Gasteiger partial charge is 0.456 e. The molecule has 3 heterocycles. The summed E-state index contributed by atoms with van der Waals surface area (Å²) in [6.07, 6.45) is 0. The van der Waals surface area contributed by atoms with E-state index in [0.717, 1.165) is 61.8 Å². The molecular weight excluding hydrogens is 894 g/mol. The average molecular weight is 940 g/mol. The fourth-order valence-corrected chi connectivity index (χ4v) is 15.4. The van der Waals surface area contributed by atoms with Crippen LogP contribution in [0.4, 0.5) is 51.2 Å². The summed E-state index contributed by atoms with van der Waals surface area (Å²) >= 11 is 0. The lowest BCUT2D eigenvalue weighted by Gasteiger charge is -2.47. The SMILES string of the molecule is c1ccc(N(c2ccc3c(c2)N(c2ccccc2)c2cc(S(c4ccccc4)(c4ccccc4)c4ccccc4)cc4c2B3c2ccccc2N4c2ccccc2)c2ccc3oc4ccccc4c3c2)cc1. The van der Waals surface area contributed by atoms with Crippen molar-refractivity contribution >= 4 is 106 Å². The van der Waals surface area contributed by atoms with Crippen LogP contribution in [-0.2, 0) is 0 Å². The first-order chi connectivity index (χ1) is 35.7. The average Bonchev–Trinajstić information content (AvgIpc) is 3.83. The van der Waals surface area contributed by atoms with Crippen LogP contribution in [0.15, 0.2) is 303 Å². The van der Waals surface area contributed by atoms with Gasteiger partial charge in [-0.1, -0.05) is 152 Å². The monoisotopic (exact) mass is 939 g/mol. The Morgan fingerprint density at radius 2 is 0.778 bits per heavy atom. The van der Waals surface area contributed by atoms with Crippen molar-refractivity contribution in [3.63, 3.8) is 0 Å². The molecule has 0 radical (unpaired) electrons. The molecule has 6 heteroatoms. The molecule has 14 rings (SSSR count). The van der Waals surface area contributed by atoms with Gasteiger partial charge in [-0.2, -0.15) is 0 Å². The van der Waals surface area contributed by atoms with Crippen molar-refractivity contribution < 1.29 is 4.42 Å². The molecule has 340 valence electrons. The van der Waals surface area contributed by atoms with E-state index in [1.54, 1.807) is 0 Å². The zero-order valence-corrected chi connectivity index (χ0v) is 40.1. The molecule has 0 fully saturated rings. The summed E-state index contributed by atoms with van der Waals surface area (Å²) < 4.78 is 6.36. The van der Waals surface area contributed by atoms with Crippen molar-refractivity contribution in [1.82, 2.24) is 0 Å². The second-order valence-corrected chi connectivity index (χ2v) is 21.6. The van der Waals surface area contributed by atoms with Gasteiger partial charge in [-0.15, -0.1) is 10.0 Å². The van der Waals surface area contributed by atoms with Gasteiger partial charge in [-0.05, 0) is 144 Å². The minimum atomic E-state index is -2.13. The lowest BCUT2D eigenvalue weighted by atomic mass is 9.33. The molecule has 0 atom stereocenters. The van der Waals surface area contributed by atoms with E-state index < -0.39 is 10.0 Å². The van der Waals surface area contributed by atoms with Gasteiger partial charge >= 0.3 is 0 Å².